The van der Waals surface area contributed by atoms with Crippen molar-refractivity contribution in [2.24, 2.45) is 0 Å². The lowest BCUT2D eigenvalue weighted by Gasteiger charge is -2.40. The molecule has 0 aromatic heterocycles. The highest BCUT2D eigenvalue weighted by molar-refractivity contribution is 8.00. The lowest BCUT2D eigenvalue weighted by molar-refractivity contribution is 0.342. The molecule has 3 N–H and O–H groups in total. The number of ether oxygens (including phenoxy) is 1. The van der Waals surface area contributed by atoms with Gasteiger partial charge in [0.15, 0.2) is 0 Å². The number of nitrogens with one attached hydrogen (secondary N) is 1. The van der Waals surface area contributed by atoms with Crippen LogP contribution in [0.3, 0.4) is 0 Å². The van der Waals surface area contributed by atoms with Crippen molar-refractivity contribution >= 4 is 23.1 Å². The number of thioether (sulfide) groups is 1. The minimum Gasteiger partial charge on any atom is -0.492 e. The van der Waals surface area contributed by atoms with Crippen LogP contribution >= 0.6 is 11.8 Å². The Kier molecular flexibility index (Phi) is 4.27. The second kappa shape index (κ2) is 5.74. The van der Waals surface area contributed by atoms with E-state index in [1.54, 1.807) is 0 Å². The van der Waals surface area contributed by atoms with E-state index in [9.17, 15) is 0 Å². The highest BCUT2D eigenvalue weighted by Gasteiger charge is 2.35. The Morgan fingerprint density at radius 2 is 2.22 bits per heavy atom. The largest absolute Gasteiger partial charge is 0.492 e. The second-order valence-corrected chi connectivity index (χ2v) is 6.05. The Labute approximate surface area is 113 Å². The van der Waals surface area contributed by atoms with Gasteiger partial charge in [0.05, 0.1) is 12.3 Å². The summed E-state index contributed by atoms with van der Waals surface area (Å²) in [5.74, 6) is 0.773. The molecule has 0 spiro atoms. The van der Waals surface area contributed by atoms with Gasteiger partial charge in [-0.25, -0.2) is 0 Å². The molecule has 1 aromatic rings. The predicted molar refractivity (Wildman–Crippen MR) is 80.6 cm³/mol. The molecule has 0 amide bonds. The van der Waals surface area contributed by atoms with Gasteiger partial charge in [0, 0.05) is 23.0 Å². The summed E-state index contributed by atoms with van der Waals surface area (Å²) < 4.78 is 5.94. The minimum absolute atomic E-state index is 0.438. The van der Waals surface area contributed by atoms with E-state index in [4.69, 9.17) is 10.5 Å². The molecule has 0 unspecified atom stereocenters. The zero-order valence-corrected chi connectivity index (χ0v) is 12.0. The molecule has 1 aliphatic rings. The highest BCUT2D eigenvalue weighted by atomic mass is 32.2. The molecule has 3 nitrogen and oxygen atoms in total. The third kappa shape index (κ3) is 2.86. The zero-order valence-electron chi connectivity index (χ0n) is 11.2. The van der Waals surface area contributed by atoms with Gasteiger partial charge in [-0.05, 0) is 38.2 Å². The molecule has 0 heterocycles. The SMILES string of the molecule is CCOc1cc(NCC2(SC)CCC2)ccc1N. The first-order chi connectivity index (χ1) is 8.69. The van der Waals surface area contributed by atoms with Gasteiger partial charge in [0.2, 0.25) is 0 Å². The number of hydrogen-bond acceptors (Lipinski definition) is 4. The molecule has 1 aliphatic carbocycles. The van der Waals surface area contributed by atoms with E-state index in [0.717, 1.165) is 18.0 Å². The summed E-state index contributed by atoms with van der Waals surface area (Å²) in [6, 6.07) is 5.91. The summed E-state index contributed by atoms with van der Waals surface area (Å²) in [6.07, 6.45) is 6.19. The minimum atomic E-state index is 0.438. The summed E-state index contributed by atoms with van der Waals surface area (Å²) in [5, 5.41) is 3.51. The van der Waals surface area contributed by atoms with E-state index in [2.05, 4.69) is 11.6 Å². The summed E-state index contributed by atoms with van der Waals surface area (Å²) in [6.45, 7) is 3.63. The van der Waals surface area contributed by atoms with E-state index >= 15 is 0 Å². The van der Waals surface area contributed by atoms with Crippen LogP contribution in [0.2, 0.25) is 0 Å². The maximum atomic E-state index is 5.86. The van der Waals surface area contributed by atoms with Gasteiger partial charge >= 0.3 is 0 Å². The van der Waals surface area contributed by atoms with E-state index in [1.807, 2.05) is 36.9 Å². The fraction of sp³-hybridized carbons (Fsp3) is 0.571. The molecule has 2 rings (SSSR count). The Bertz CT molecular complexity index is 399. The van der Waals surface area contributed by atoms with Gasteiger partial charge in [-0.3, -0.25) is 0 Å². The molecule has 4 heteroatoms. The van der Waals surface area contributed by atoms with Crippen molar-refractivity contribution < 1.29 is 4.74 Å². The second-order valence-electron chi connectivity index (χ2n) is 4.78. The van der Waals surface area contributed by atoms with Crippen molar-refractivity contribution in [2.45, 2.75) is 30.9 Å². The standard InChI is InChI=1S/C14H22N2OS/c1-3-17-13-9-11(5-6-12(13)15)16-10-14(18-2)7-4-8-14/h5-6,9,16H,3-4,7-8,10,15H2,1-2H3. The monoisotopic (exact) mass is 266 g/mol. The van der Waals surface area contributed by atoms with Crippen molar-refractivity contribution in [2.75, 3.05) is 30.5 Å². The summed E-state index contributed by atoms with van der Waals surface area (Å²) in [7, 11) is 0. The van der Waals surface area contributed by atoms with Crippen LogP contribution in [0.15, 0.2) is 18.2 Å². The lowest BCUT2D eigenvalue weighted by atomic mass is 9.84. The average molecular weight is 266 g/mol. The van der Waals surface area contributed by atoms with Gasteiger partial charge in [-0.2, -0.15) is 11.8 Å². The Balaban J connectivity index is 1.98. The van der Waals surface area contributed by atoms with Crippen LogP contribution in [0.5, 0.6) is 5.75 Å². The number of nitrogen functional groups attached to an aromatic ring is 1. The Hall–Kier alpha value is -1.03. The summed E-state index contributed by atoms with van der Waals surface area (Å²) in [5.41, 5.74) is 7.65. The first kappa shape index (κ1) is 13.4. The molecule has 0 atom stereocenters. The highest BCUT2D eigenvalue weighted by Crippen LogP contribution is 2.42. The molecule has 100 valence electrons. The van der Waals surface area contributed by atoms with Crippen molar-refractivity contribution in [3.8, 4) is 5.75 Å². The molecule has 1 aromatic carbocycles. The maximum Gasteiger partial charge on any atom is 0.144 e. The number of nitrogens with two attached hydrogens (primary N) is 1. The molecule has 0 saturated heterocycles. The smallest absolute Gasteiger partial charge is 0.144 e. The predicted octanol–water partition coefficient (Wildman–Crippen LogP) is 3.37. The third-order valence-corrected chi connectivity index (χ3v) is 5.04. The number of rotatable bonds is 6. The van der Waals surface area contributed by atoms with Gasteiger partial charge in [0.25, 0.3) is 0 Å². The van der Waals surface area contributed by atoms with Crippen LogP contribution in [0.1, 0.15) is 26.2 Å². The summed E-state index contributed by atoms with van der Waals surface area (Å²) >= 11 is 1.98. The topological polar surface area (TPSA) is 47.3 Å². The summed E-state index contributed by atoms with van der Waals surface area (Å²) in [4.78, 5) is 0. The molecule has 18 heavy (non-hydrogen) atoms. The Morgan fingerprint density at radius 3 is 2.78 bits per heavy atom. The van der Waals surface area contributed by atoms with Crippen LogP contribution in [-0.4, -0.2) is 24.2 Å². The normalized spacial score (nSPS) is 17.0. The first-order valence-corrected chi connectivity index (χ1v) is 7.73. The van der Waals surface area contributed by atoms with E-state index in [0.29, 0.717) is 17.0 Å². The van der Waals surface area contributed by atoms with Gasteiger partial charge in [0.1, 0.15) is 5.75 Å². The van der Waals surface area contributed by atoms with Gasteiger partial charge < -0.3 is 15.8 Å². The molecule has 0 aliphatic heterocycles. The fourth-order valence-electron chi connectivity index (χ4n) is 2.21. The van der Waals surface area contributed by atoms with Crippen molar-refractivity contribution in [3.05, 3.63) is 18.2 Å². The van der Waals surface area contributed by atoms with Gasteiger partial charge in [-0.15, -0.1) is 0 Å². The molecule has 1 fully saturated rings. The van der Waals surface area contributed by atoms with Crippen LogP contribution in [0, 0.1) is 0 Å². The Morgan fingerprint density at radius 1 is 1.44 bits per heavy atom. The zero-order chi connectivity index (χ0) is 13.0. The number of hydrogen-bond donors (Lipinski definition) is 2. The quantitative estimate of drug-likeness (QED) is 0.775. The van der Waals surface area contributed by atoms with Crippen molar-refractivity contribution in [3.63, 3.8) is 0 Å². The lowest BCUT2D eigenvalue weighted by Crippen LogP contribution is -2.40. The third-order valence-electron chi connectivity index (χ3n) is 3.63. The molecule has 0 bridgehead atoms. The first-order valence-electron chi connectivity index (χ1n) is 6.50. The van der Waals surface area contributed by atoms with E-state index in [-0.39, 0.29) is 0 Å². The van der Waals surface area contributed by atoms with Crippen LogP contribution < -0.4 is 15.8 Å². The fourth-order valence-corrected chi connectivity index (χ4v) is 3.13. The average Bonchev–Trinajstić information content (AvgIpc) is 2.32. The van der Waals surface area contributed by atoms with Crippen LogP contribution in [-0.2, 0) is 0 Å². The van der Waals surface area contributed by atoms with E-state index in [1.165, 1.54) is 19.3 Å². The van der Waals surface area contributed by atoms with Crippen molar-refractivity contribution in [1.82, 2.24) is 0 Å². The van der Waals surface area contributed by atoms with Gasteiger partial charge in [-0.1, -0.05) is 6.42 Å². The van der Waals surface area contributed by atoms with E-state index < -0.39 is 0 Å². The van der Waals surface area contributed by atoms with Crippen LogP contribution in [0.25, 0.3) is 0 Å². The molecular formula is C14H22N2OS. The maximum absolute atomic E-state index is 5.86. The molecule has 1 saturated carbocycles. The van der Waals surface area contributed by atoms with Crippen LogP contribution in [0.4, 0.5) is 11.4 Å². The molecule has 0 radical (unpaired) electrons. The number of anilines is 2. The van der Waals surface area contributed by atoms with Crippen molar-refractivity contribution in [1.29, 1.82) is 0 Å². The molecular weight excluding hydrogens is 244 g/mol. The number of benzene rings is 1.